The molecular formula is C10H20N2O2. The zero-order valence-electron chi connectivity index (χ0n) is 8.83. The molecule has 1 rings (SSSR count). The van der Waals surface area contributed by atoms with Crippen LogP contribution in [0.15, 0.2) is 0 Å². The number of carbonyl (C=O) groups excluding carboxylic acids is 1. The molecule has 0 aromatic carbocycles. The average Bonchev–Trinajstić information content (AvgIpc) is 2.99. The second-order valence-electron chi connectivity index (χ2n) is 3.84. The third-order valence-electron chi connectivity index (χ3n) is 2.53. The monoisotopic (exact) mass is 200 g/mol. The molecule has 0 aromatic heterocycles. The predicted octanol–water partition coefficient (Wildman–Crippen LogP) is -0.0307. The van der Waals surface area contributed by atoms with Crippen molar-refractivity contribution in [3.8, 4) is 0 Å². The van der Waals surface area contributed by atoms with Crippen molar-refractivity contribution in [1.29, 1.82) is 0 Å². The van der Waals surface area contributed by atoms with Crippen molar-refractivity contribution in [2.75, 3.05) is 26.7 Å². The smallest absolute Gasteiger partial charge is 0.236 e. The largest absolute Gasteiger partial charge is 0.396 e. The number of hydrogen-bond donors (Lipinski definition) is 2. The van der Waals surface area contributed by atoms with E-state index in [1.165, 1.54) is 0 Å². The molecule has 0 radical (unpaired) electrons. The molecule has 82 valence electrons. The molecule has 1 saturated carbocycles. The molecule has 1 aliphatic carbocycles. The lowest BCUT2D eigenvalue weighted by molar-refractivity contribution is -0.129. The molecule has 0 aliphatic heterocycles. The van der Waals surface area contributed by atoms with Crippen LogP contribution < -0.4 is 5.32 Å². The fraction of sp³-hybridized carbons (Fsp3) is 0.900. The Balaban J connectivity index is 1.97. The van der Waals surface area contributed by atoms with Gasteiger partial charge in [-0.3, -0.25) is 4.79 Å². The molecule has 4 nitrogen and oxygen atoms in total. The maximum absolute atomic E-state index is 11.5. The number of likely N-dealkylation sites (N-methyl/N-ethyl adjacent to an activating group) is 1. The minimum absolute atomic E-state index is 0.177. The van der Waals surface area contributed by atoms with Gasteiger partial charge in [0.1, 0.15) is 0 Å². The minimum atomic E-state index is 0.177. The zero-order chi connectivity index (χ0) is 10.4. The number of aliphatic hydroxyl groups is 1. The zero-order valence-corrected chi connectivity index (χ0v) is 8.83. The molecule has 0 aromatic rings. The van der Waals surface area contributed by atoms with Crippen LogP contribution in [0.2, 0.25) is 0 Å². The molecule has 1 fully saturated rings. The van der Waals surface area contributed by atoms with E-state index in [1.54, 1.807) is 0 Å². The molecule has 1 aliphatic rings. The molecule has 0 spiro atoms. The second-order valence-corrected chi connectivity index (χ2v) is 3.84. The number of rotatable bonds is 7. The van der Waals surface area contributed by atoms with E-state index in [2.05, 4.69) is 5.32 Å². The summed E-state index contributed by atoms with van der Waals surface area (Å²) >= 11 is 0. The van der Waals surface area contributed by atoms with E-state index in [4.69, 9.17) is 5.11 Å². The first kappa shape index (κ1) is 11.5. The number of nitrogens with zero attached hydrogens (tertiary/aromatic N) is 1. The third kappa shape index (κ3) is 4.07. The number of unbranched alkanes of at least 4 members (excludes halogenated alkanes) is 1. The topological polar surface area (TPSA) is 52.6 Å². The molecule has 0 heterocycles. The third-order valence-corrected chi connectivity index (χ3v) is 2.53. The normalized spacial score (nSPS) is 15.6. The van der Waals surface area contributed by atoms with Crippen molar-refractivity contribution in [3.63, 3.8) is 0 Å². The highest BCUT2D eigenvalue weighted by Gasteiger charge is 2.28. The summed E-state index contributed by atoms with van der Waals surface area (Å²) in [6, 6.07) is 0.502. The van der Waals surface area contributed by atoms with Gasteiger partial charge in [0.15, 0.2) is 0 Å². The van der Waals surface area contributed by atoms with E-state index in [0.717, 1.165) is 32.2 Å². The molecule has 0 saturated heterocycles. The summed E-state index contributed by atoms with van der Waals surface area (Å²) in [5.74, 6) is 0.177. The molecule has 4 heteroatoms. The number of hydrogen-bond acceptors (Lipinski definition) is 3. The Morgan fingerprint density at radius 3 is 2.79 bits per heavy atom. The van der Waals surface area contributed by atoms with E-state index in [1.807, 2.05) is 11.9 Å². The Labute approximate surface area is 85.3 Å². The van der Waals surface area contributed by atoms with Crippen molar-refractivity contribution in [3.05, 3.63) is 0 Å². The Hall–Kier alpha value is -0.610. The Kier molecular flexibility index (Phi) is 4.90. The van der Waals surface area contributed by atoms with E-state index in [0.29, 0.717) is 12.6 Å². The van der Waals surface area contributed by atoms with Crippen LogP contribution in [0.3, 0.4) is 0 Å². The highest BCUT2D eigenvalue weighted by Crippen LogP contribution is 2.24. The van der Waals surface area contributed by atoms with E-state index >= 15 is 0 Å². The summed E-state index contributed by atoms with van der Waals surface area (Å²) in [4.78, 5) is 13.3. The number of aliphatic hydroxyl groups excluding tert-OH is 1. The SMILES string of the molecule is CN(C(=O)CNCCCCO)C1CC1. The van der Waals surface area contributed by atoms with Crippen LogP contribution in [0.4, 0.5) is 0 Å². The summed E-state index contributed by atoms with van der Waals surface area (Å²) in [5.41, 5.74) is 0. The highest BCUT2D eigenvalue weighted by molar-refractivity contribution is 5.78. The van der Waals surface area contributed by atoms with Crippen LogP contribution in [-0.4, -0.2) is 48.7 Å². The van der Waals surface area contributed by atoms with Gasteiger partial charge >= 0.3 is 0 Å². The summed E-state index contributed by atoms with van der Waals surface area (Å²) in [6.07, 6.45) is 4.05. The standard InChI is InChI=1S/C10H20N2O2/c1-12(9-4-5-9)10(14)8-11-6-2-3-7-13/h9,11,13H,2-8H2,1H3. The first-order chi connectivity index (χ1) is 6.75. The summed E-state index contributed by atoms with van der Waals surface area (Å²) in [5, 5.41) is 11.6. The Bertz CT molecular complexity index is 181. The predicted molar refractivity (Wildman–Crippen MR) is 55.0 cm³/mol. The van der Waals surface area contributed by atoms with Gasteiger partial charge in [-0.25, -0.2) is 0 Å². The van der Waals surface area contributed by atoms with Gasteiger partial charge in [-0.15, -0.1) is 0 Å². The number of nitrogens with one attached hydrogen (secondary N) is 1. The van der Waals surface area contributed by atoms with E-state index < -0.39 is 0 Å². The van der Waals surface area contributed by atoms with Gasteiger partial charge < -0.3 is 15.3 Å². The average molecular weight is 200 g/mol. The first-order valence-electron chi connectivity index (χ1n) is 5.33. The van der Waals surface area contributed by atoms with Gasteiger partial charge in [0, 0.05) is 19.7 Å². The van der Waals surface area contributed by atoms with Gasteiger partial charge in [-0.05, 0) is 32.2 Å². The summed E-state index contributed by atoms with van der Waals surface area (Å²) in [6.45, 7) is 1.47. The van der Waals surface area contributed by atoms with Gasteiger partial charge in [-0.1, -0.05) is 0 Å². The Morgan fingerprint density at radius 1 is 1.50 bits per heavy atom. The van der Waals surface area contributed by atoms with Gasteiger partial charge in [0.2, 0.25) is 5.91 Å². The van der Waals surface area contributed by atoms with E-state index in [9.17, 15) is 4.79 Å². The van der Waals surface area contributed by atoms with Crippen molar-refractivity contribution in [1.82, 2.24) is 10.2 Å². The molecule has 1 amide bonds. The molecule has 0 bridgehead atoms. The van der Waals surface area contributed by atoms with E-state index in [-0.39, 0.29) is 12.5 Å². The fourth-order valence-corrected chi connectivity index (χ4v) is 1.35. The summed E-state index contributed by atoms with van der Waals surface area (Å²) < 4.78 is 0. The fourth-order valence-electron chi connectivity index (χ4n) is 1.35. The lowest BCUT2D eigenvalue weighted by Gasteiger charge is -2.16. The first-order valence-corrected chi connectivity index (χ1v) is 5.33. The quantitative estimate of drug-likeness (QED) is 0.567. The van der Waals surface area contributed by atoms with Crippen LogP contribution in [-0.2, 0) is 4.79 Å². The molecule has 2 N–H and O–H groups in total. The number of carbonyl (C=O) groups is 1. The molecule has 0 atom stereocenters. The lowest BCUT2D eigenvalue weighted by Crippen LogP contribution is -2.37. The minimum Gasteiger partial charge on any atom is -0.396 e. The van der Waals surface area contributed by atoms with Crippen LogP contribution >= 0.6 is 0 Å². The van der Waals surface area contributed by atoms with Crippen molar-refractivity contribution in [2.45, 2.75) is 31.7 Å². The maximum Gasteiger partial charge on any atom is 0.236 e. The van der Waals surface area contributed by atoms with Crippen molar-refractivity contribution < 1.29 is 9.90 Å². The second kappa shape index (κ2) is 5.98. The molecular weight excluding hydrogens is 180 g/mol. The number of amides is 1. The van der Waals surface area contributed by atoms with Crippen LogP contribution in [0.1, 0.15) is 25.7 Å². The maximum atomic E-state index is 11.5. The van der Waals surface area contributed by atoms with Gasteiger partial charge in [0.25, 0.3) is 0 Å². The lowest BCUT2D eigenvalue weighted by atomic mass is 10.3. The van der Waals surface area contributed by atoms with Crippen molar-refractivity contribution >= 4 is 5.91 Å². The highest BCUT2D eigenvalue weighted by atomic mass is 16.2. The van der Waals surface area contributed by atoms with Crippen molar-refractivity contribution in [2.24, 2.45) is 0 Å². The molecule has 14 heavy (non-hydrogen) atoms. The van der Waals surface area contributed by atoms with Crippen LogP contribution in [0.5, 0.6) is 0 Å². The summed E-state index contributed by atoms with van der Waals surface area (Å²) in [7, 11) is 1.87. The molecule has 0 unspecified atom stereocenters. The van der Waals surface area contributed by atoms with Crippen LogP contribution in [0, 0.1) is 0 Å². The van der Waals surface area contributed by atoms with Gasteiger partial charge in [0.05, 0.1) is 6.54 Å². The van der Waals surface area contributed by atoms with Gasteiger partial charge in [-0.2, -0.15) is 0 Å². The Morgan fingerprint density at radius 2 is 2.21 bits per heavy atom. The van der Waals surface area contributed by atoms with Crippen LogP contribution in [0.25, 0.3) is 0 Å².